The van der Waals surface area contributed by atoms with Crippen molar-refractivity contribution in [1.82, 2.24) is 10.2 Å². The molecular formula is C26H37Cl2N3O5. The molecule has 0 saturated carbocycles. The Balaban J connectivity index is 0.00000228. The van der Waals surface area contributed by atoms with Crippen molar-refractivity contribution in [3.05, 3.63) is 41.5 Å². The third-order valence-electron chi connectivity index (χ3n) is 6.76. The summed E-state index contributed by atoms with van der Waals surface area (Å²) in [4.78, 5) is 15.6. The van der Waals surface area contributed by atoms with Gasteiger partial charge in [-0.2, -0.15) is 0 Å². The van der Waals surface area contributed by atoms with Crippen molar-refractivity contribution in [2.75, 3.05) is 47.5 Å². The molecule has 0 spiro atoms. The molecule has 0 bridgehead atoms. The average Bonchev–Trinajstić information content (AvgIpc) is 2.88. The Hall–Kier alpha value is -2.39. The molecule has 10 heteroatoms. The zero-order valence-electron chi connectivity index (χ0n) is 21.1. The fraction of sp³-hybridized carbons (Fsp3) is 0.500. The lowest BCUT2D eigenvalue weighted by Gasteiger charge is -2.41. The molecule has 200 valence electrons. The first-order valence-electron chi connectivity index (χ1n) is 11.9. The van der Waals surface area contributed by atoms with E-state index in [0.29, 0.717) is 59.4 Å². The minimum absolute atomic E-state index is 0. The second-order valence-electron chi connectivity index (χ2n) is 8.81. The van der Waals surface area contributed by atoms with Gasteiger partial charge in [-0.15, -0.1) is 24.8 Å². The molecule has 2 aliphatic rings. The van der Waals surface area contributed by atoms with Gasteiger partial charge in [-0.05, 0) is 62.4 Å². The second kappa shape index (κ2) is 13.8. The lowest BCUT2D eigenvalue weighted by molar-refractivity contribution is 0.0588. The van der Waals surface area contributed by atoms with Crippen LogP contribution in [0, 0.1) is 5.92 Å². The normalized spacial score (nSPS) is 18.7. The van der Waals surface area contributed by atoms with E-state index in [-0.39, 0.29) is 30.7 Å². The van der Waals surface area contributed by atoms with Crippen molar-refractivity contribution in [2.24, 2.45) is 11.7 Å². The van der Waals surface area contributed by atoms with Crippen LogP contribution in [-0.4, -0.2) is 64.4 Å². The van der Waals surface area contributed by atoms with E-state index in [4.69, 9.17) is 24.7 Å². The number of ether oxygens (including phenoxy) is 4. The zero-order chi connectivity index (χ0) is 24.1. The van der Waals surface area contributed by atoms with Crippen LogP contribution in [0.1, 0.15) is 35.2 Å². The van der Waals surface area contributed by atoms with Crippen LogP contribution < -0.4 is 30.0 Å². The van der Waals surface area contributed by atoms with E-state index in [1.54, 1.807) is 6.07 Å². The van der Waals surface area contributed by atoms with Gasteiger partial charge in [0.1, 0.15) is 5.75 Å². The molecule has 0 aromatic heterocycles. The molecule has 2 saturated heterocycles. The largest absolute Gasteiger partial charge is 0.492 e. The minimum Gasteiger partial charge on any atom is -0.492 e. The Labute approximate surface area is 225 Å². The number of hydrogen-bond donors (Lipinski definition) is 2. The lowest BCUT2D eigenvalue weighted by Crippen LogP contribution is -2.53. The van der Waals surface area contributed by atoms with E-state index in [1.165, 1.54) is 21.3 Å². The van der Waals surface area contributed by atoms with Gasteiger partial charge in [0.25, 0.3) is 5.91 Å². The molecule has 2 aromatic rings. The number of likely N-dealkylation sites (tertiary alicyclic amines) is 1. The van der Waals surface area contributed by atoms with Crippen molar-refractivity contribution in [3.63, 3.8) is 0 Å². The SMILES string of the molecule is COc1c(Oc2ccc(CCN)cc2)cc(C(=O)N2CC[C@@H]3NCCC[C@@H]3C2)c(OC)c1OC.Cl.Cl. The van der Waals surface area contributed by atoms with Crippen LogP contribution >= 0.6 is 24.8 Å². The van der Waals surface area contributed by atoms with Crippen molar-refractivity contribution in [2.45, 2.75) is 31.7 Å². The quantitative estimate of drug-likeness (QED) is 0.520. The molecule has 2 heterocycles. The number of carbonyl (C=O) groups excluding carboxylic acids is 1. The predicted octanol–water partition coefficient (Wildman–Crippen LogP) is 4.06. The van der Waals surface area contributed by atoms with Gasteiger partial charge in [0.05, 0.1) is 26.9 Å². The molecule has 2 atom stereocenters. The van der Waals surface area contributed by atoms with E-state index < -0.39 is 0 Å². The molecule has 1 amide bonds. The van der Waals surface area contributed by atoms with E-state index in [9.17, 15) is 4.79 Å². The van der Waals surface area contributed by atoms with E-state index >= 15 is 0 Å². The molecular weight excluding hydrogens is 505 g/mol. The van der Waals surface area contributed by atoms with Gasteiger partial charge in [0.2, 0.25) is 11.5 Å². The molecule has 0 unspecified atom stereocenters. The highest BCUT2D eigenvalue weighted by molar-refractivity contribution is 5.99. The van der Waals surface area contributed by atoms with Crippen LogP contribution in [0.3, 0.4) is 0 Å². The number of carbonyl (C=O) groups is 1. The third kappa shape index (κ3) is 6.29. The average molecular weight is 543 g/mol. The first-order valence-corrected chi connectivity index (χ1v) is 11.9. The summed E-state index contributed by atoms with van der Waals surface area (Å²) in [5.74, 6) is 2.45. The highest BCUT2D eigenvalue weighted by Crippen LogP contribution is 2.48. The molecule has 2 aliphatic heterocycles. The van der Waals surface area contributed by atoms with Gasteiger partial charge in [-0.3, -0.25) is 4.79 Å². The molecule has 2 aromatic carbocycles. The van der Waals surface area contributed by atoms with Crippen molar-refractivity contribution in [1.29, 1.82) is 0 Å². The standard InChI is InChI=1S/C26H35N3O5.2ClH/c1-31-23-20(26(30)29-14-11-21-18(16-29)5-4-13-28-21)15-22(24(32-2)25(23)33-3)34-19-8-6-17(7-9-19)10-12-27;;/h6-9,15,18,21,28H,4-5,10-14,16,27H2,1-3H3;2*1H/t18-,21+;;/m1../s1. The summed E-state index contributed by atoms with van der Waals surface area (Å²) >= 11 is 0. The Kier molecular flexibility index (Phi) is 11.4. The van der Waals surface area contributed by atoms with Gasteiger partial charge in [-0.25, -0.2) is 0 Å². The number of benzene rings is 2. The Morgan fingerprint density at radius 3 is 2.36 bits per heavy atom. The highest BCUT2D eigenvalue weighted by atomic mass is 35.5. The van der Waals surface area contributed by atoms with Crippen LogP contribution in [0.4, 0.5) is 0 Å². The van der Waals surface area contributed by atoms with Crippen molar-refractivity contribution < 1.29 is 23.7 Å². The summed E-state index contributed by atoms with van der Waals surface area (Å²) in [6.45, 7) is 3.08. The molecule has 0 radical (unpaired) electrons. The number of hydrogen-bond acceptors (Lipinski definition) is 7. The number of methoxy groups -OCH3 is 3. The van der Waals surface area contributed by atoms with Crippen LogP contribution in [0.5, 0.6) is 28.7 Å². The molecule has 3 N–H and O–H groups in total. The van der Waals surface area contributed by atoms with E-state index in [1.807, 2.05) is 29.2 Å². The van der Waals surface area contributed by atoms with E-state index in [2.05, 4.69) is 5.32 Å². The van der Waals surface area contributed by atoms with Crippen LogP contribution in [0.15, 0.2) is 30.3 Å². The number of rotatable bonds is 8. The smallest absolute Gasteiger partial charge is 0.257 e. The lowest BCUT2D eigenvalue weighted by atomic mass is 9.85. The maximum absolute atomic E-state index is 13.7. The fourth-order valence-corrected chi connectivity index (χ4v) is 5.03. The minimum atomic E-state index is -0.0926. The predicted molar refractivity (Wildman–Crippen MR) is 145 cm³/mol. The van der Waals surface area contributed by atoms with Gasteiger partial charge in [0.15, 0.2) is 11.5 Å². The van der Waals surface area contributed by atoms with Gasteiger partial charge in [-0.1, -0.05) is 12.1 Å². The first kappa shape index (κ1) is 29.8. The number of piperidine rings is 2. The summed E-state index contributed by atoms with van der Waals surface area (Å²) < 4.78 is 23.1. The Morgan fingerprint density at radius 1 is 1.03 bits per heavy atom. The molecule has 0 aliphatic carbocycles. The summed E-state index contributed by atoms with van der Waals surface area (Å²) in [6.07, 6.45) is 4.03. The topological polar surface area (TPSA) is 95.3 Å². The fourth-order valence-electron chi connectivity index (χ4n) is 5.03. The molecule has 36 heavy (non-hydrogen) atoms. The van der Waals surface area contributed by atoms with Gasteiger partial charge < -0.3 is 34.9 Å². The maximum Gasteiger partial charge on any atom is 0.257 e. The van der Waals surface area contributed by atoms with Gasteiger partial charge in [0, 0.05) is 25.2 Å². The molecule has 8 nitrogen and oxygen atoms in total. The second-order valence-corrected chi connectivity index (χ2v) is 8.81. The summed E-state index contributed by atoms with van der Waals surface area (Å²) in [5.41, 5.74) is 7.18. The summed E-state index contributed by atoms with van der Waals surface area (Å²) in [7, 11) is 4.60. The Morgan fingerprint density at radius 2 is 1.72 bits per heavy atom. The number of nitrogens with zero attached hydrogens (tertiary/aromatic N) is 1. The van der Waals surface area contributed by atoms with Gasteiger partial charge >= 0.3 is 0 Å². The highest BCUT2D eigenvalue weighted by Gasteiger charge is 2.35. The summed E-state index contributed by atoms with van der Waals surface area (Å²) in [6, 6.07) is 9.90. The van der Waals surface area contributed by atoms with Crippen molar-refractivity contribution >= 4 is 30.7 Å². The van der Waals surface area contributed by atoms with Crippen LogP contribution in [0.25, 0.3) is 0 Å². The number of amides is 1. The summed E-state index contributed by atoms with van der Waals surface area (Å²) in [5, 5.41) is 3.60. The molecule has 2 fully saturated rings. The van der Waals surface area contributed by atoms with Crippen LogP contribution in [0.2, 0.25) is 0 Å². The number of fused-ring (bicyclic) bond motifs is 1. The van der Waals surface area contributed by atoms with Crippen molar-refractivity contribution in [3.8, 4) is 28.7 Å². The zero-order valence-corrected chi connectivity index (χ0v) is 22.7. The number of halogens is 2. The molecule has 4 rings (SSSR count). The maximum atomic E-state index is 13.7. The van der Waals surface area contributed by atoms with E-state index in [0.717, 1.165) is 44.3 Å². The number of nitrogens with two attached hydrogens (primary N) is 1. The first-order chi connectivity index (χ1) is 16.6. The Bertz CT molecular complexity index is 1010. The monoisotopic (exact) mass is 541 g/mol. The number of nitrogens with one attached hydrogen (secondary N) is 1. The van der Waals surface area contributed by atoms with Crippen LogP contribution in [-0.2, 0) is 6.42 Å². The third-order valence-corrected chi connectivity index (χ3v) is 6.76.